The topological polar surface area (TPSA) is 62.7 Å². The standard InChI is InChI=1S/C9H15Cl2N5/c1-5(2)13-9-15-7(11)14-8(16-9)12-4-6(3)10/h5-6H,4H2,1-3H3,(H2,12,13,14,15,16). The Hall–Kier alpha value is -0.810. The molecule has 90 valence electrons. The summed E-state index contributed by atoms with van der Waals surface area (Å²) in [5, 5.41) is 6.19. The predicted molar refractivity (Wildman–Crippen MR) is 67.4 cm³/mol. The van der Waals surface area contributed by atoms with E-state index >= 15 is 0 Å². The Morgan fingerprint density at radius 2 is 1.75 bits per heavy atom. The van der Waals surface area contributed by atoms with Crippen molar-refractivity contribution in [3.05, 3.63) is 5.28 Å². The van der Waals surface area contributed by atoms with Crippen molar-refractivity contribution < 1.29 is 0 Å². The van der Waals surface area contributed by atoms with Crippen LogP contribution in [0.4, 0.5) is 11.9 Å². The highest BCUT2D eigenvalue weighted by Gasteiger charge is 2.06. The fraction of sp³-hybridized carbons (Fsp3) is 0.667. The molecule has 1 atom stereocenters. The molecule has 0 bridgehead atoms. The summed E-state index contributed by atoms with van der Waals surface area (Å²) in [6.07, 6.45) is 0. The first kappa shape index (κ1) is 13.3. The largest absolute Gasteiger partial charge is 0.353 e. The quantitative estimate of drug-likeness (QED) is 0.799. The highest BCUT2D eigenvalue weighted by molar-refractivity contribution is 6.28. The molecule has 0 radical (unpaired) electrons. The van der Waals surface area contributed by atoms with Crippen LogP contribution in [0.2, 0.25) is 5.28 Å². The van der Waals surface area contributed by atoms with Gasteiger partial charge in [0.1, 0.15) is 0 Å². The number of anilines is 2. The molecular weight excluding hydrogens is 249 g/mol. The summed E-state index contributed by atoms with van der Waals surface area (Å²) < 4.78 is 0. The summed E-state index contributed by atoms with van der Waals surface area (Å²) in [5.74, 6) is 0.885. The second-order valence-corrected chi connectivity index (χ2v) is 4.80. The summed E-state index contributed by atoms with van der Waals surface area (Å²) in [6.45, 7) is 6.44. The molecule has 0 saturated carbocycles. The van der Waals surface area contributed by atoms with E-state index in [0.29, 0.717) is 18.4 Å². The maximum Gasteiger partial charge on any atom is 0.228 e. The maximum atomic E-state index is 5.81. The SMILES string of the molecule is CC(Cl)CNc1nc(Cl)nc(NC(C)C)n1. The number of aromatic nitrogens is 3. The zero-order chi connectivity index (χ0) is 12.1. The molecule has 1 aromatic rings. The number of nitrogens with zero attached hydrogens (tertiary/aromatic N) is 3. The van der Waals surface area contributed by atoms with Gasteiger partial charge in [0, 0.05) is 18.0 Å². The van der Waals surface area contributed by atoms with Crippen molar-refractivity contribution in [2.75, 3.05) is 17.2 Å². The number of hydrogen-bond donors (Lipinski definition) is 2. The van der Waals surface area contributed by atoms with Crippen LogP contribution in [-0.2, 0) is 0 Å². The van der Waals surface area contributed by atoms with E-state index in [9.17, 15) is 0 Å². The molecule has 16 heavy (non-hydrogen) atoms. The van der Waals surface area contributed by atoms with Gasteiger partial charge in [0.05, 0.1) is 0 Å². The molecule has 1 aromatic heterocycles. The van der Waals surface area contributed by atoms with Crippen LogP contribution in [0.1, 0.15) is 20.8 Å². The number of rotatable bonds is 5. The number of halogens is 2. The minimum atomic E-state index is -0.00273. The van der Waals surface area contributed by atoms with Crippen LogP contribution in [0, 0.1) is 0 Å². The predicted octanol–water partition coefficient (Wildman–Crippen LogP) is 2.38. The lowest BCUT2D eigenvalue weighted by Crippen LogP contribution is -2.17. The number of nitrogens with one attached hydrogen (secondary N) is 2. The van der Waals surface area contributed by atoms with Gasteiger partial charge in [0.2, 0.25) is 17.2 Å². The molecule has 1 heterocycles. The molecular formula is C9H15Cl2N5. The highest BCUT2D eigenvalue weighted by Crippen LogP contribution is 2.10. The summed E-state index contributed by atoms with van der Waals surface area (Å²) in [5.41, 5.74) is 0. The van der Waals surface area contributed by atoms with Crippen molar-refractivity contribution in [2.45, 2.75) is 32.2 Å². The first-order valence-electron chi connectivity index (χ1n) is 5.03. The third kappa shape index (κ3) is 4.81. The van der Waals surface area contributed by atoms with Crippen molar-refractivity contribution in [1.29, 1.82) is 0 Å². The maximum absolute atomic E-state index is 5.81. The molecule has 0 aromatic carbocycles. The minimum Gasteiger partial charge on any atom is -0.353 e. The molecule has 0 amide bonds. The molecule has 0 fully saturated rings. The van der Waals surface area contributed by atoms with Crippen molar-refractivity contribution in [3.8, 4) is 0 Å². The van der Waals surface area contributed by atoms with Gasteiger partial charge in [-0.15, -0.1) is 11.6 Å². The molecule has 0 aliphatic carbocycles. The van der Waals surface area contributed by atoms with Crippen molar-refractivity contribution in [2.24, 2.45) is 0 Å². The Bertz CT molecular complexity index is 343. The fourth-order valence-electron chi connectivity index (χ4n) is 0.984. The van der Waals surface area contributed by atoms with Gasteiger partial charge in [-0.1, -0.05) is 0 Å². The lowest BCUT2D eigenvalue weighted by molar-refractivity contribution is 0.863. The Balaban J connectivity index is 2.73. The molecule has 0 aliphatic heterocycles. The van der Waals surface area contributed by atoms with E-state index < -0.39 is 0 Å². The van der Waals surface area contributed by atoms with E-state index in [1.54, 1.807) is 0 Å². The molecule has 2 N–H and O–H groups in total. The summed E-state index contributed by atoms with van der Waals surface area (Å²) in [6, 6.07) is 0.235. The summed E-state index contributed by atoms with van der Waals surface area (Å²) >= 11 is 11.6. The third-order valence-corrected chi connectivity index (χ3v) is 1.89. The molecule has 5 nitrogen and oxygen atoms in total. The second kappa shape index (κ2) is 6.06. The number of hydrogen-bond acceptors (Lipinski definition) is 5. The molecule has 7 heteroatoms. The van der Waals surface area contributed by atoms with E-state index in [4.69, 9.17) is 23.2 Å². The average Bonchev–Trinajstić information content (AvgIpc) is 2.12. The Kier molecular flexibility index (Phi) is 5.02. The van der Waals surface area contributed by atoms with Crippen LogP contribution < -0.4 is 10.6 Å². The van der Waals surface area contributed by atoms with E-state index in [2.05, 4.69) is 25.6 Å². The Morgan fingerprint density at radius 1 is 1.12 bits per heavy atom. The van der Waals surface area contributed by atoms with Crippen LogP contribution in [0.3, 0.4) is 0 Å². The Morgan fingerprint density at radius 3 is 2.31 bits per heavy atom. The zero-order valence-electron chi connectivity index (χ0n) is 9.46. The third-order valence-electron chi connectivity index (χ3n) is 1.57. The number of alkyl halides is 1. The van der Waals surface area contributed by atoms with Crippen LogP contribution in [0.25, 0.3) is 0 Å². The van der Waals surface area contributed by atoms with Gasteiger partial charge in [-0.25, -0.2) is 0 Å². The van der Waals surface area contributed by atoms with Gasteiger partial charge in [-0.05, 0) is 32.4 Å². The van der Waals surface area contributed by atoms with Crippen LogP contribution in [0.15, 0.2) is 0 Å². The van der Waals surface area contributed by atoms with Crippen LogP contribution in [0.5, 0.6) is 0 Å². The first-order valence-corrected chi connectivity index (χ1v) is 5.85. The highest BCUT2D eigenvalue weighted by atomic mass is 35.5. The van der Waals surface area contributed by atoms with E-state index in [0.717, 1.165) is 0 Å². The van der Waals surface area contributed by atoms with Crippen LogP contribution >= 0.6 is 23.2 Å². The van der Waals surface area contributed by atoms with Crippen molar-refractivity contribution in [3.63, 3.8) is 0 Å². The smallest absolute Gasteiger partial charge is 0.228 e. The monoisotopic (exact) mass is 263 g/mol. The molecule has 1 rings (SSSR count). The molecule has 0 spiro atoms. The van der Waals surface area contributed by atoms with E-state index in [1.807, 2.05) is 20.8 Å². The molecule has 0 saturated heterocycles. The van der Waals surface area contributed by atoms with Gasteiger partial charge >= 0.3 is 0 Å². The van der Waals surface area contributed by atoms with Crippen LogP contribution in [-0.4, -0.2) is 32.9 Å². The molecule has 0 aliphatic rings. The summed E-state index contributed by atoms with van der Waals surface area (Å²) in [7, 11) is 0. The molecule has 1 unspecified atom stereocenters. The first-order chi connectivity index (χ1) is 7.47. The van der Waals surface area contributed by atoms with E-state index in [-0.39, 0.29) is 16.7 Å². The van der Waals surface area contributed by atoms with Gasteiger partial charge < -0.3 is 10.6 Å². The fourth-order valence-corrected chi connectivity index (χ4v) is 1.22. The van der Waals surface area contributed by atoms with Crippen molar-refractivity contribution >= 4 is 35.1 Å². The van der Waals surface area contributed by atoms with Gasteiger partial charge in [0.15, 0.2) is 0 Å². The van der Waals surface area contributed by atoms with E-state index in [1.165, 1.54) is 0 Å². The second-order valence-electron chi connectivity index (χ2n) is 3.71. The van der Waals surface area contributed by atoms with Gasteiger partial charge in [-0.2, -0.15) is 15.0 Å². The zero-order valence-corrected chi connectivity index (χ0v) is 11.0. The lowest BCUT2D eigenvalue weighted by Gasteiger charge is -2.10. The van der Waals surface area contributed by atoms with Gasteiger partial charge in [-0.3, -0.25) is 0 Å². The summed E-state index contributed by atoms with van der Waals surface area (Å²) in [4.78, 5) is 12.1. The minimum absolute atomic E-state index is 0.00273. The van der Waals surface area contributed by atoms with Gasteiger partial charge in [0.25, 0.3) is 0 Å². The lowest BCUT2D eigenvalue weighted by atomic mass is 10.4. The van der Waals surface area contributed by atoms with Crippen molar-refractivity contribution in [1.82, 2.24) is 15.0 Å². The normalized spacial score (nSPS) is 12.6. The Labute approximate surface area is 105 Å². The average molecular weight is 264 g/mol.